The van der Waals surface area contributed by atoms with Crippen molar-refractivity contribution in [3.63, 3.8) is 0 Å². The molecule has 3 amide bonds. The maximum atomic E-state index is 12.3. The van der Waals surface area contributed by atoms with Crippen molar-refractivity contribution in [2.75, 3.05) is 5.32 Å². The van der Waals surface area contributed by atoms with Crippen LogP contribution in [0.2, 0.25) is 0 Å². The minimum absolute atomic E-state index is 0.119. The van der Waals surface area contributed by atoms with Gasteiger partial charge >= 0.3 is 0 Å². The average Bonchev–Trinajstić information content (AvgIpc) is 2.81. The molecule has 7 heteroatoms. The van der Waals surface area contributed by atoms with Gasteiger partial charge in [-0.15, -0.1) is 12.3 Å². The zero-order valence-electron chi connectivity index (χ0n) is 22.1. The highest BCUT2D eigenvalue weighted by Crippen LogP contribution is 2.18. The van der Waals surface area contributed by atoms with E-state index < -0.39 is 30.0 Å². The van der Waals surface area contributed by atoms with Gasteiger partial charge in [0.1, 0.15) is 12.1 Å². The maximum Gasteiger partial charge on any atom is 0.246 e. The standard InChI is InChI=1S/C20H27N3O4.3C2H6/c1-6-7-17(25)15-8-10-16(11-9-15)23-19(26)13(4)21-20(27)18(12(2)3)22-14(5)24;3*1-2/h1,8-13,17-18,25H,7H2,2-5H3,(H,21,27)(H,22,24)(H,23,26);3*1-2H3/t13?,17?,18-;;;/m0.../s1. The lowest BCUT2D eigenvalue weighted by molar-refractivity contribution is -0.131. The van der Waals surface area contributed by atoms with Crippen LogP contribution < -0.4 is 16.0 Å². The number of carbonyl (C=O) groups excluding carboxylic acids is 3. The molecule has 0 fully saturated rings. The normalized spacial score (nSPS) is 11.8. The predicted molar refractivity (Wildman–Crippen MR) is 138 cm³/mol. The fraction of sp³-hybridized carbons (Fsp3) is 0.577. The zero-order chi connectivity index (χ0) is 26.6. The second kappa shape index (κ2) is 21.0. The first kappa shape index (κ1) is 34.8. The second-order valence-electron chi connectivity index (χ2n) is 6.69. The number of hydrogen-bond donors (Lipinski definition) is 4. The zero-order valence-corrected chi connectivity index (χ0v) is 22.1. The molecule has 1 aromatic carbocycles. The van der Waals surface area contributed by atoms with Gasteiger partial charge in [0.05, 0.1) is 6.10 Å². The number of aliphatic hydroxyl groups is 1. The Morgan fingerprint density at radius 1 is 0.909 bits per heavy atom. The van der Waals surface area contributed by atoms with Gasteiger partial charge in [-0.25, -0.2) is 0 Å². The molecule has 0 aliphatic rings. The van der Waals surface area contributed by atoms with Gasteiger partial charge in [0.15, 0.2) is 0 Å². The number of nitrogens with one attached hydrogen (secondary N) is 3. The fourth-order valence-corrected chi connectivity index (χ4v) is 2.39. The third kappa shape index (κ3) is 14.8. The third-order valence-corrected chi connectivity index (χ3v) is 3.93. The van der Waals surface area contributed by atoms with Crippen LogP contribution in [0.5, 0.6) is 0 Å². The summed E-state index contributed by atoms with van der Waals surface area (Å²) < 4.78 is 0. The molecule has 0 aliphatic heterocycles. The van der Waals surface area contributed by atoms with E-state index in [2.05, 4.69) is 21.9 Å². The number of terminal acetylenes is 1. The van der Waals surface area contributed by atoms with E-state index in [4.69, 9.17) is 6.42 Å². The summed E-state index contributed by atoms with van der Waals surface area (Å²) in [6, 6.07) is 5.14. The lowest BCUT2D eigenvalue weighted by Gasteiger charge is -2.23. The van der Waals surface area contributed by atoms with Crippen molar-refractivity contribution in [2.24, 2.45) is 5.92 Å². The molecule has 33 heavy (non-hydrogen) atoms. The maximum absolute atomic E-state index is 12.3. The summed E-state index contributed by atoms with van der Waals surface area (Å²) >= 11 is 0. The Kier molecular flexibility index (Phi) is 22.1. The van der Waals surface area contributed by atoms with Gasteiger partial charge in [-0.1, -0.05) is 67.5 Å². The van der Waals surface area contributed by atoms with Crippen molar-refractivity contribution < 1.29 is 19.5 Å². The summed E-state index contributed by atoms with van der Waals surface area (Å²) in [5.74, 6) is 1.14. The highest BCUT2D eigenvalue weighted by atomic mass is 16.3. The molecule has 0 aromatic heterocycles. The Labute approximate surface area is 201 Å². The summed E-state index contributed by atoms with van der Waals surface area (Å²) in [7, 11) is 0. The van der Waals surface area contributed by atoms with Crippen LogP contribution in [0.4, 0.5) is 5.69 Å². The summed E-state index contributed by atoms with van der Waals surface area (Å²) in [4.78, 5) is 35.9. The monoisotopic (exact) mass is 463 g/mol. The lowest BCUT2D eigenvalue weighted by Crippen LogP contribution is -2.53. The number of anilines is 1. The number of benzene rings is 1. The van der Waals surface area contributed by atoms with Crippen LogP contribution in [0.3, 0.4) is 0 Å². The van der Waals surface area contributed by atoms with Crippen molar-refractivity contribution in [1.82, 2.24) is 10.6 Å². The SMILES string of the molecule is C#CCC(O)c1ccc(NC(=O)C(C)NC(=O)[C@@H](NC(C)=O)C(C)C)cc1.CC.CC.CC. The number of hydrogen-bond acceptors (Lipinski definition) is 4. The minimum Gasteiger partial charge on any atom is -0.387 e. The van der Waals surface area contributed by atoms with E-state index in [1.54, 1.807) is 45.0 Å². The van der Waals surface area contributed by atoms with E-state index in [9.17, 15) is 19.5 Å². The second-order valence-corrected chi connectivity index (χ2v) is 6.69. The number of rotatable bonds is 8. The quantitative estimate of drug-likeness (QED) is 0.428. The van der Waals surface area contributed by atoms with E-state index in [0.717, 1.165) is 0 Å². The largest absolute Gasteiger partial charge is 0.387 e. The molecule has 0 bridgehead atoms. The predicted octanol–water partition coefficient (Wildman–Crippen LogP) is 4.43. The molecule has 188 valence electrons. The number of carbonyl (C=O) groups is 3. The minimum atomic E-state index is -0.792. The molecule has 0 aliphatic carbocycles. The van der Waals surface area contributed by atoms with E-state index >= 15 is 0 Å². The smallest absolute Gasteiger partial charge is 0.246 e. The van der Waals surface area contributed by atoms with E-state index in [0.29, 0.717) is 11.3 Å². The van der Waals surface area contributed by atoms with Crippen LogP contribution in [0.1, 0.15) is 87.3 Å². The Morgan fingerprint density at radius 3 is 1.79 bits per heavy atom. The molecule has 7 nitrogen and oxygen atoms in total. The summed E-state index contributed by atoms with van der Waals surface area (Å²) in [5, 5.41) is 17.7. The summed E-state index contributed by atoms with van der Waals surface area (Å²) in [6.07, 6.45) is 4.64. The first-order valence-corrected chi connectivity index (χ1v) is 11.8. The van der Waals surface area contributed by atoms with Gasteiger partial charge in [-0.2, -0.15) is 0 Å². The summed E-state index contributed by atoms with van der Waals surface area (Å²) in [5.41, 5.74) is 1.18. The van der Waals surface area contributed by atoms with Gasteiger partial charge in [-0.05, 0) is 30.5 Å². The lowest BCUT2D eigenvalue weighted by atomic mass is 10.0. The van der Waals surface area contributed by atoms with Crippen molar-refractivity contribution in [1.29, 1.82) is 0 Å². The molecule has 3 atom stereocenters. The van der Waals surface area contributed by atoms with Crippen LogP contribution in [0.15, 0.2) is 24.3 Å². The van der Waals surface area contributed by atoms with Crippen molar-refractivity contribution in [2.45, 2.75) is 93.8 Å². The number of amides is 3. The van der Waals surface area contributed by atoms with Gasteiger partial charge in [0, 0.05) is 19.0 Å². The highest BCUT2D eigenvalue weighted by Gasteiger charge is 2.26. The van der Waals surface area contributed by atoms with Crippen LogP contribution in [0, 0.1) is 18.3 Å². The molecule has 0 spiro atoms. The molecule has 0 saturated carbocycles. The van der Waals surface area contributed by atoms with Gasteiger partial charge in [-0.3, -0.25) is 14.4 Å². The van der Waals surface area contributed by atoms with Gasteiger partial charge in [0.2, 0.25) is 17.7 Å². The first-order valence-electron chi connectivity index (χ1n) is 11.8. The molecular formula is C26H45N3O4. The molecule has 4 N–H and O–H groups in total. The van der Waals surface area contributed by atoms with Crippen LogP contribution >= 0.6 is 0 Å². The molecule has 1 aromatic rings. The summed E-state index contributed by atoms with van der Waals surface area (Å²) in [6.45, 7) is 18.5. The average molecular weight is 464 g/mol. The topological polar surface area (TPSA) is 108 Å². The van der Waals surface area contributed by atoms with Crippen molar-refractivity contribution >= 4 is 23.4 Å². The molecule has 0 radical (unpaired) electrons. The molecule has 1 rings (SSSR count). The fourth-order valence-electron chi connectivity index (χ4n) is 2.39. The van der Waals surface area contributed by atoms with Crippen molar-refractivity contribution in [3.8, 4) is 12.3 Å². The molecule has 0 heterocycles. The van der Waals surface area contributed by atoms with Gasteiger partial charge < -0.3 is 21.1 Å². The highest BCUT2D eigenvalue weighted by molar-refractivity contribution is 5.98. The number of aliphatic hydroxyl groups excluding tert-OH is 1. The first-order chi connectivity index (χ1) is 15.6. The van der Waals surface area contributed by atoms with Crippen molar-refractivity contribution in [3.05, 3.63) is 29.8 Å². The Hall–Kier alpha value is -2.85. The van der Waals surface area contributed by atoms with Crippen LogP contribution in [-0.4, -0.2) is 34.9 Å². The van der Waals surface area contributed by atoms with Crippen LogP contribution in [0.25, 0.3) is 0 Å². The molecule has 0 saturated heterocycles. The Morgan fingerprint density at radius 2 is 1.39 bits per heavy atom. The molecule has 2 unspecified atom stereocenters. The molecular weight excluding hydrogens is 418 g/mol. The Balaban J connectivity index is -0.00000138. The third-order valence-electron chi connectivity index (χ3n) is 3.93. The van der Waals surface area contributed by atoms with E-state index in [1.165, 1.54) is 6.92 Å². The van der Waals surface area contributed by atoms with Gasteiger partial charge in [0.25, 0.3) is 0 Å². The van der Waals surface area contributed by atoms with Crippen LogP contribution in [-0.2, 0) is 14.4 Å². The van der Waals surface area contributed by atoms with E-state index in [-0.39, 0.29) is 18.2 Å². The Bertz CT molecular complexity index is 709. The van der Waals surface area contributed by atoms with E-state index in [1.807, 2.05) is 41.5 Å².